The van der Waals surface area contributed by atoms with Crippen molar-refractivity contribution in [2.24, 2.45) is 11.0 Å². The number of hydrogen-bond donors (Lipinski definition) is 2. The van der Waals surface area contributed by atoms with Gasteiger partial charge in [0, 0.05) is 5.56 Å². The summed E-state index contributed by atoms with van der Waals surface area (Å²) in [6.07, 6.45) is 1.53. The highest BCUT2D eigenvalue weighted by molar-refractivity contribution is 5.97. The molecule has 4 rings (SSSR count). The van der Waals surface area contributed by atoms with Crippen molar-refractivity contribution < 1.29 is 19.1 Å². The number of nitrogens with one attached hydrogen (secondary N) is 2. The first-order valence-electron chi connectivity index (χ1n) is 13.0. The zero-order valence-electron chi connectivity index (χ0n) is 22.4. The summed E-state index contributed by atoms with van der Waals surface area (Å²) >= 11 is 0. The van der Waals surface area contributed by atoms with E-state index in [0.717, 1.165) is 21.9 Å². The number of hydrogen-bond acceptors (Lipinski definition) is 5. The van der Waals surface area contributed by atoms with E-state index in [1.807, 2.05) is 63.2 Å². The molecule has 7 nitrogen and oxygen atoms in total. The maximum atomic E-state index is 12.8. The van der Waals surface area contributed by atoms with Gasteiger partial charge in [-0.15, -0.1) is 0 Å². The first kappa shape index (κ1) is 27.4. The van der Waals surface area contributed by atoms with Crippen LogP contribution in [0.4, 0.5) is 0 Å². The molecule has 7 heteroatoms. The molecule has 0 bridgehead atoms. The molecule has 0 radical (unpaired) electrons. The number of fused-ring (bicyclic) bond motifs is 1. The second-order valence-corrected chi connectivity index (χ2v) is 9.36. The fraction of sp³-hybridized carbons (Fsp3) is 0.219. The van der Waals surface area contributed by atoms with E-state index in [9.17, 15) is 9.59 Å². The number of hydrazone groups is 1. The lowest BCUT2D eigenvalue weighted by Gasteiger charge is -2.20. The van der Waals surface area contributed by atoms with E-state index < -0.39 is 11.9 Å². The van der Waals surface area contributed by atoms with E-state index in [1.165, 1.54) is 6.21 Å². The monoisotopic (exact) mass is 523 g/mol. The molecule has 200 valence electrons. The molecule has 0 spiro atoms. The molecule has 39 heavy (non-hydrogen) atoms. The number of ether oxygens (including phenoxy) is 2. The summed E-state index contributed by atoms with van der Waals surface area (Å²) in [5.41, 5.74) is 4.85. The van der Waals surface area contributed by atoms with Crippen LogP contribution in [0.25, 0.3) is 10.8 Å². The highest BCUT2D eigenvalue weighted by Gasteiger charge is 2.24. The van der Waals surface area contributed by atoms with Crippen molar-refractivity contribution in [1.29, 1.82) is 0 Å². The summed E-state index contributed by atoms with van der Waals surface area (Å²) in [5.74, 6) is 0.368. The van der Waals surface area contributed by atoms with Crippen molar-refractivity contribution in [2.45, 2.75) is 33.4 Å². The average molecular weight is 524 g/mol. The highest BCUT2D eigenvalue weighted by atomic mass is 16.5. The zero-order chi connectivity index (χ0) is 27.6. The van der Waals surface area contributed by atoms with Gasteiger partial charge in [-0.3, -0.25) is 9.59 Å². The molecule has 0 saturated carbocycles. The molecule has 0 heterocycles. The summed E-state index contributed by atoms with van der Waals surface area (Å²) in [4.78, 5) is 25.3. The van der Waals surface area contributed by atoms with Gasteiger partial charge in [-0.2, -0.15) is 5.10 Å². The van der Waals surface area contributed by atoms with Crippen molar-refractivity contribution in [3.05, 3.63) is 108 Å². The van der Waals surface area contributed by atoms with E-state index in [2.05, 4.69) is 40.1 Å². The zero-order valence-corrected chi connectivity index (χ0v) is 22.4. The van der Waals surface area contributed by atoms with Crippen molar-refractivity contribution in [1.82, 2.24) is 10.7 Å². The van der Waals surface area contributed by atoms with Crippen LogP contribution in [0, 0.1) is 5.92 Å². The van der Waals surface area contributed by atoms with Crippen LogP contribution >= 0.6 is 0 Å². The summed E-state index contributed by atoms with van der Waals surface area (Å²) in [6, 6.07) is 27.9. The maximum absolute atomic E-state index is 12.8. The predicted octanol–water partition coefficient (Wildman–Crippen LogP) is 5.72. The van der Waals surface area contributed by atoms with Gasteiger partial charge < -0.3 is 14.8 Å². The number of carbonyl (C=O) groups excluding carboxylic acids is 2. The van der Waals surface area contributed by atoms with Crippen LogP contribution in [0.1, 0.15) is 42.3 Å². The van der Waals surface area contributed by atoms with E-state index in [-0.39, 0.29) is 11.8 Å². The molecular weight excluding hydrogens is 490 g/mol. The first-order valence-corrected chi connectivity index (χ1v) is 13.0. The number of nitrogens with zero attached hydrogens (tertiary/aromatic N) is 1. The van der Waals surface area contributed by atoms with Gasteiger partial charge in [-0.05, 0) is 65.1 Å². The van der Waals surface area contributed by atoms with Gasteiger partial charge in [0.1, 0.15) is 12.6 Å². The standard InChI is InChI=1S/C32H33N3O4/c1-4-38-29-19-23(17-18-28(29)39-21-26-15-10-14-24-11-8-9-16-27(24)26)20-33-35-32(37)30(22(2)3)34-31(36)25-12-6-5-7-13-25/h5-20,22,30H,4,21H2,1-3H3,(H,34,36)(H,35,37)/b33-20+. The lowest BCUT2D eigenvalue weighted by molar-refractivity contribution is -0.123. The van der Waals surface area contributed by atoms with Crippen molar-refractivity contribution in [2.75, 3.05) is 6.61 Å². The van der Waals surface area contributed by atoms with E-state index in [1.54, 1.807) is 24.3 Å². The van der Waals surface area contributed by atoms with Crippen LogP contribution < -0.4 is 20.2 Å². The quantitative estimate of drug-likeness (QED) is 0.194. The number of benzene rings is 4. The lowest BCUT2D eigenvalue weighted by Crippen LogP contribution is -2.48. The molecule has 0 aliphatic heterocycles. The summed E-state index contributed by atoms with van der Waals surface area (Å²) in [5, 5.41) is 9.22. The molecular formula is C32H33N3O4. The SMILES string of the molecule is CCOc1cc(/C=N/NC(=O)C(NC(=O)c2ccccc2)C(C)C)ccc1OCc1cccc2ccccc12. The third-order valence-corrected chi connectivity index (χ3v) is 6.19. The first-order chi connectivity index (χ1) is 19.0. The minimum absolute atomic E-state index is 0.129. The Hall–Kier alpha value is -4.65. The molecule has 0 aromatic heterocycles. The molecule has 0 saturated heterocycles. The topological polar surface area (TPSA) is 89.0 Å². The normalized spacial score (nSPS) is 11.9. The molecule has 2 N–H and O–H groups in total. The third-order valence-electron chi connectivity index (χ3n) is 6.19. The average Bonchev–Trinajstić information content (AvgIpc) is 2.95. The van der Waals surface area contributed by atoms with Gasteiger partial charge in [0.2, 0.25) is 0 Å². The molecule has 1 unspecified atom stereocenters. The van der Waals surface area contributed by atoms with Gasteiger partial charge in [0.05, 0.1) is 12.8 Å². The smallest absolute Gasteiger partial charge is 0.262 e. The van der Waals surface area contributed by atoms with Crippen LogP contribution in [0.15, 0.2) is 96.1 Å². The number of amides is 2. The number of rotatable bonds is 11. The van der Waals surface area contributed by atoms with Crippen molar-refractivity contribution >= 4 is 28.8 Å². The Labute approximate surface area is 228 Å². The largest absolute Gasteiger partial charge is 0.490 e. The Kier molecular flexibility index (Phi) is 9.29. The van der Waals surface area contributed by atoms with Gasteiger partial charge >= 0.3 is 0 Å². The van der Waals surface area contributed by atoms with E-state index in [0.29, 0.717) is 30.3 Å². The molecule has 1 atom stereocenters. The Balaban J connectivity index is 1.41. The van der Waals surface area contributed by atoms with Crippen molar-refractivity contribution in [3.63, 3.8) is 0 Å². The third kappa shape index (κ3) is 7.23. The second-order valence-electron chi connectivity index (χ2n) is 9.36. The summed E-state index contributed by atoms with van der Waals surface area (Å²) in [6.45, 7) is 6.51. The molecule has 2 amide bonds. The minimum atomic E-state index is -0.737. The van der Waals surface area contributed by atoms with Gasteiger partial charge in [0.15, 0.2) is 11.5 Å². The Morgan fingerprint density at radius 2 is 1.62 bits per heavy atom. The Morgan fingerprint density at radius 3 is 2.38 bits per heavy atom. The van der Waals surface area contributed by atoms with Gasteiger partial charge in [-0.25, -0.2) is 5.43 Å². The Bertz CT molecular complexity index is 1450. The molecule has 4 aromatic rings. The molecule has 4 aromatic carbocycles. The van der Waals surface area contributed by atoms with Gasteiger partial charge in [0.25, 0.3) is 11.8 Å². The number of carbonyl (C=O) groups is 2. The van der Waals surface area contributed by atoms with Crippen LogP contribution in [0.2, 0.25) is 0 Å². The summed E-state index contributed by atoms with van der Waals surface area (Å²) in [7, 11) is 0. The maximum Gasteiger partial charge on any atom is 0.262 e. The van der Waals surface area contributed by atoms with Crippen LogP contribution in [0.3, 0.4) is 0 Å². The second kappa shape index (κ2) is 13.2. The van der Waals surface area contributed by atoms with Crippen molar-refractivity contribution in [3.8, 4) is 11.5 Å². The molecule has 0 fully saturated rings. The lowest BCUT2D eigenvalue weighted by atomic mass is 10.0. The fourth-order valence-corrected chi connectivity index (χ4v) is 4.16. The van der Waals surface area contributed by atoms with Gasteiger partial charge in [-0.1, -0.05) is 74.5 Å². The van der Waals surface area contributed by atoms with Crippen LogP contribution in [0.5, 0.6) is 11.5 Å². The minimum Gasteiger partial charge on any atom is -0.490 e. The van der Waals surface area contributed by atoms with E-state index in [4.69, 9.17) is 9.47 Å². The van der Waals surface area contributed by atoms with Crippen LogP contribution in [-0.2, 0) is 11.4 Å². The molecule has 0 aliphatic rings. The highest BCUT2D eigenvalue weighted by Crippen LogP contribution is 2.30. The summed E-state index contributed by atoms with van der Waals surface area (Å²) < 4.78 is 11.9. The predicted molar refractivity (Wildman–Crippen MR) is 154 cm³/mol. The fourth-order valence-electron chi connectivity index (χ4n) is 4.16. The Morgan fingerprint density at radius 1 is 0.872 bits per heavy atom. The van der Waals surface area contributed by atoms with Crippen LogP contribution in [-0.4, -0.2) is 30.7 Å². The molecule has 0 aliphatic carbocycles. The van der Waals surface area contributed by atoms with E-state index >= 15 is 0 Å².